The third-order valence-electron chi connectivity index (χ3n) is 6.61. The van der Waals surface area contributed by atoms with Crippen LogP contribution in [-0.4, -0.2) is 45.8 Å². The zero-order valence-electron chi connectivity index (χ0n) is 16.5. The number of fused-ring (bicyclic) bond motifs is 3. The van der Waals surface area contributed by atoms with E-state index in [0.29, 0.717) is 17.8 Å². The van der Waals surface area contributed by atoms with Gasteiger partial charge < -0.3 is 10.2 Å². The molecule has 2 atom stereocenters. The van der Waals surface area contributed by atoms with Crippen molar-refractivity contribution in [3.8, 4) is 5.69 Å². The second-order valence-electron chi connectivity index (χ2n) is 8.15. The van der Waals surface area contributed by atoms with E-state index in [1.54, 1.807) is 0 Å². The van der Waals surface area contributed by atoms with Crippen molar-refractivity contribution in [3.05, 3.63) is 46.8 Å². The van der Waals surface area contributed by atoms with Crippen molar-refractivity contribution in [3.63, 3.8) is 0 Å². The zero-order chi connectivity index (χ0) is 18.4. The van der Waals surface area contributed by atoms with Crippen molar-refractivity contribution in [2.75, 3.05) is 13.1 Å². The van der Waals surface area contributed by atoms with Crippen LogP contribution in [0.5, 0.6) is 0 Å². The van der Waals surface area contributed by atoms with Gasteiger partial charge >= 0.3 is 0 Å². The number of nitrogens with one attached hydrogen (secondary N) is 1. The molecule has 2 unspecified atom stereocenters. The second kappa shape index (κ2) is 7.88. The van der Waals surface area contributed by atoms with Crippen LogP contribution in [0.15, 0.2) is 24.3 Å². The largest absolute Gasteiger partial charge is 0.330 e. The summed E-state index contributed by atoms with van der Waals surface area (Å²) in [6.45, 7) is 4.10. The van der Waals surface area contributed by atoms with E-state index in [1.165, 1.54) is 16.8 Å². The number of amides is 1. The highest BCUT2D eigenvalue weighted by atomic mass is 35.5. The van der Waals surface area contributed by atoms with E-state index in [9.17, 15) is 4.79 Å². The standard InChI is InChI=1S/C22H28N4O.ClH/c1-2-15-6-8-17(9-7-15)26-20-5-3-4-19(20)21(24-26)22(27)25-16-10-11-18(25)14-23-13-12-16;/h6-9,16,18,23H,2-5,10-14H2,1H3;1H. The Labute approximate surface area is 172 Å². The number of hydrogen-bond acceptors (Lipinski definition) is 3. The molecule has 1 aliphatic carbocycles. The van der Waals surface area contributed by atoms with E-state index in [-0.39, 0.29) is 18.3 Å². The SMILES string of the molecule is CCc1ccc(-n2nc(C(=O)N3C4CCNCC3CC4)c3c2CCC3)cc1.Cl. The van der Waals surface area contributed by atoms with Crippen LogP contribution in [0.3, 0.4) is 0 Å². The number of carbonyl (C=O) groups is 1. The highest BCUT2D eigenvalue weighted by Crippen LogP contribution is 2.33. The van der Waals surface area contributed by atoms with E-state index >= 15 is 0 Å². The van der Waals surface area contributed by atoms with Crippen molar-refractivity contribution in [1.82, 2.24) is 20.0 Å². The Morgan fingerprint density at radius 1 is 1.14 bits per heavy atom. The molecule has 3 aliphatic rings. The lowest BCUT2D eigenvalue weighted by Crippen LogP contribution is -2.43. The summed E-state index contributed by atoms with van der Waals surface area (Å²) in [6.07, 6.45) is 7.46. The number of nitrogens with zero attached hydrogens (tertiary/aromatic N) is 3. The lowest BCUT2D eigenvalue weighted by atomic mass is 10.1. The molecule has 2 aliphatic heterocycles. The fourth-order valence-electron chi connectivity index (χ4n) is 5.13. The molecule has 1 aromatic heterocycles. The van der Waals surface area contributed by atoms with Crippen molar-refractivity contribution in [2.45, 2.75) is 64.0 Å². The Bertz CT molecular complexity index is 846. The van der Waals surface area contributed by atoms with Gasteiger partial charge in [-0.25, -0.2) is 4.68 Å². The van der Waals surface area contributed by atoms with E-state index in [4.69, 9.17) is 5.10 Å². The average Bonchev–Trinajstić information content (AvgIpc) is 3.34. The van der Waals surface area contributed by atoms with Crippen molar-refractivity contribution in [1.29, 1.82) is 0 Å². The van der Waals surface area contributed by atoms with E-state index in [0.717, 1.165) is 63.7 Å². The quantitative estimate of drug-likeness (QED) is 0.859. The lowest BCUT2D eigenvalue weighted by molar-refractivity contribution is 0.0672. The summed E-state index contributed by atoms with van der Waals surface area (Å²) in [5.74, 6) is 0.160. The van der Waals surface area contributed by atoms with Gasteiger partial charge in [-0.3, -0.25) is 4.79 Å². The van der Waals surface area contributed by atoms with Crippen LogP contribution < -0.4 is 5.32 Å². The Morgan fingerprint density at radius 2 is 1.93 bits per heavy atom. The number of aryl methyl sites for hydroxylation is 1. The molecule has 2 bridgehead atoms. The minimum atomic E-state index is 0. The molecule has 0 radical (unpaired) electrons. The summed E-state index contributed by atoms with van der Waals surface area (Å²) >= 11 is 0. The maximum atomic E-state index is 13.5. The Balaban J connectivity index is 0.00000192. The van der Waals surface area contributed by atoms with Gasteiger partial charge in [0.25, 0.3) is 5.91 Å². The van der Waals surface area contributed by atoms with Crippen molar-refractivity contribution in [2.24, 2.45) is 0 Å². The monoisotopic (exact) mass is 400 g/mol. The summed E-state index contributed by atoms with van der Waals surface area (Å²) in [6, 6.07) is 9.32. The molecule has 1 N–H and O–H groups in total. The molecule has 28 heavy (non-hydrogen) atoms. The van der Waals surface area contributed by atoms with Gasteiger partial charge in [0.15, 0.2) is 5.69 Å². The van der Waals surface area contributed by atoms with Gasteiger partial charge in [-0.15, -0.1) is 12.4 Å². The minimum absolute atomic E-state index is 0. The summed E-state index contributed by atoms with van der Waals surface area (Å²) < 4.78 is 2.03. The number of halogens is 1. The fourth-order valence-corrected chi connectivity index (χ4v) is 5.13. The van der Waals surface area contributed by atoms with Crippen LogP contribution in [0.2, 0.25) is 0 Å². The first-order chi connectivity index (χ1) is 13.3. The molecule has 0 saturated carbocycles. The number of hydrogen-bond donors (Lipinski definition) is 1. The topological polar surface area (TPSA) is 50.2 Å². The van der Waals surface area contributed by atoms with E-state index < -0.39 is 0 Å². The average molecular weight is 401 g/mol. The molecule has 3 heterocycles. The molecule has 150 valence electrons. The van der Waals surface area contributed by atoms with Crippen LogP contribution in [0.4, 0.5) is 0 Å². The summed E-state index contributed by atoms with van der Waals surface area (Å²) in [4.78, 5) is 15.7. The van der Waals surface area contributed by atoms with Crippen LogP contribution in [0.25, 0.3) is 5.69 Å². The minimum Gasteiger partial charge on any atom is -0.330 e. The maximum absolute atomic E-state index is 13.5. The van der Waals surface area contributed by atoms with Gasteiger partial charge in [0.1, 0.15) is 0 Å². The normalized spacial score (nSPS) is 23.2. The van der Waals surface area contributed by atoms with Crippen LogP contribution in [0, 0.1) is 0 Å². The lowest BCUT2D eigenvalue weighted by Gasteiger charge is -2.27. The molecule has 2 aromatic rings. The third-order valence-corrected chi connectivity index (χ3v) is 6.61. The smallest absolute Gasteiger partial charge is 0.275 e. The molecule has 2 fully saturated rings. The zero-order valence-corrected chi connectivity index (χ0v) is 17.3. The van der Waals surface area contributed by atoms with Gasteiger partial charge in [-0.2, -0.15) is 5.10 Å². The first kappa shape index (κ1) is 19.5. The van der Waals surface area contributed by atoms with Crippen molar-refractivity contribution < 1.29 is 4.79 Å². The molecule has 2 saturated heterocycles. The van der Waals surface area contributed by atoms with Gasteiger partial charge in [0.2, 0.25) is 0 Å². The Kier molecular flexibility index (Phi) is 5.48. The molecule has 5 nitrogen and oxygen atoms in total. The predicted octanol–water partition coefficient (Wildman–Crippen LogP) is 3.31. The number of aromatic nitrogens is 2. The molecule has 5 rings (SSSR count). The van der Waals surface area contributed by atoms with E-state index in [1.807, 2.05) is 4.68 Å². The third kappa shape index (κ3) is 3.15. The first-order valence-corrected chi connectivity index (χ1v) is 10.5. The molecular formula is C22H29ClN4O. The molecule has 1 aromatic carbocycles. The van der Waals surface area contributed by atoms with Gasteiger partial charge in [-0.1, -0.05) is 19.1 Å². The number of rotatable bonds is 3. The Morgan fingerprint density at radius 3 is 2.71 bits per heavy atom. The van der Waals surface area contributed by atoms with Crippen molar-refractivity contribution >= 4 is 18.3 Å². The molecule has 6 heteroatoms. The van der Waals surface area contributed by atoms with Crippen LogP contribution >= 0.6 is 12.4 Å². The molecule has 0 spiro atoms. The summed E-state index contributed by atoms with van der Waals surface area (Å²) in [7, 11) is 0. The number of carbonyl (C=O) groups excluding carboxylic acids is 1. The number of benzene rings is 1. The highest BCUT2D eigenvalue weighted by Gasteiger charge is 2.40. The fraction of sp³-hybridized carbons (Fsp3) is 0.545. The molecule has 1 amide bonds. The predicted molar refractivity (Wildman–Crippen MR) is 113 cm³/mol. The Hall–Kier alpha value is -1.85. The van der Waals surface area contributed by atoms with Gasteiger partial charge in [0, 0.05) is 29.9 Å². The molecular weight excluding hydrogens is 372 g/mol. The van der Waals surface area contributed by atoms with E-state index in [2.05, 4.69) is 41.4 Å². The highest BCUT2D eigenvalue weighted by molar-refractivity contribution is 5.95. The summed E-state index contributed by atoms with van der Waals surface area (Å²) in [5, 5.41) is 8.35. The maximum Gasteiger partial charge on any atom is 0.275 e. The van der Waals surface area contributed by atoms with Crippen LogP contribution in [-0.2, 0) is 19.3 Å². The second-order valence-corrected chi connectivity index (χ2v) is 8.15. The first-order valence-electron chi connectivity index (χ1n) is 10.5. The van der Waals surface area contributed by atoms with Gasteiger partial charge in [0.05, 0.1) is 5.69 Å². The summed E-state index contributed by atoms with van der Waals surface area (Å²) in [5.41, 5.74) is 5.54. The van der Waals surface area contributed by atoms with Gasteiger partial charge in [-0.05, 0) is 69.2 Å². The van der Waals surface area contributed by atoms with Crippen LogP contribution in [0.1, 0.15) is 59.9 Å².